The Balaban J connectivity index is 2.79. The van der Waals surface area contributed by atoms with Gasteiger partial charge in [-0.05, 0) is 6.92 Å². The van der Waals surface area contributed by atoms with Crippen LogP contribution in [0.15, 0.2) is 0 Å². The minimum Gasteiger partial charge on any atom is -0.389 e. The predicted octanol–water partition coefficient (Wildman–Crippen LogP) is -1.24. The van der Waals surface area contributed by atoms with Crippen molar-refractivity contribution in [2.45, 2.75) is 44.3 Å². The highest BCUT2D eigenvalue weighted by molar-refractivity contribution is 5.83. The van der Waals surface area contributed by atoms with Gasteiger partial charge in [0.2, 0.25) is 5.79 Å². The van der Waals surface area contributed by atoms with Gasteiger partial charge in [0.1, 0.15) is 0 Å². The molecule has 0 aliphatic carbocycles. The van der Waals surface area contributed by atoms with Crippen LogP contribution in [0.1, 0.15) is 20.3 Å². The number of rotatable bonds is 1. The van der Waals surface area contributed by atoms with E-state index in [1.807, 2.05) is 0 Å². The molecule has 4 N–H and O–H groups in total. The third-order valence-corrected chi connectivity index (χ3v) is 2.36. The fourth-order valence-electron chi connectivity index (χ4n) is 1.44. The molecule has 5 nitrogen and oxygen atoms in total. The minimum absolute atomic E-state index is 0.0617. The maximum atomic E-state index is 11.0. The lowest BCUT2D eigenvalue weighted by molar-refractivity contribution is -0.261. The molecule has 0 aromatic heterocycles. The Morgan fingerprint density at radius 1 is 1.69 bits per heavy atom. The first-order valence-electron chi connectivity index (χ1n) is 4.21. The number of ether oxygens (including phenoxy) is 1. The summed E-state index contributed by atoms with van der Waals surface area (Å²) >= 11 is 0. The molecule has 0 aromatic rings. The zero-order valence-electron chi connectivity index (χ0n) is 7.73. The van der Waals surface area contributed by atoms with Crippen LogP contribution in [-0.4, -0.2) is 40.0 Å². The van der Waals surface area contributed by atoms with Crippen LogP contribution in [0.25, 0.3) is 0 Å². The van der Waals surface area contributed by atoms with Crippen molar-refractivity contribution in [3.8, 4) is 0 Å². The molecule has 0 aromatic carbocycles. The zero-order chi connectivity index (χ0) is 10.2. The smallest absolute Gasteiger partial charge is 0.228 e. The molecule has 0 amide bonds. The van der Waals surface area contributed by atoms with Crippen molar-refractivity contribution < 1.29 is 19.7 Å². The second-order valence-corrected chi connectivity index (χ2v) is 3.52. The van der Waals surface area contributed by atoms with Crippen molar-refractivity contribution in [3.63, 3.8) is 0 Å². The summed E-state index contributed by atoms with van der Waals surface area (Å²) in [5.41, 5.74) is 5.54. The van der Waals surface area contributed by atoms with E-state index in [1.165, 1.54) is 6.92 Å². The summed E-state index contributed by atoms with van der Waals surface area (Å²) in [5.74, 6) is -2.31. The molecule has 0 bridgehead atoms. The first-order chi connectivity index (χ1) is 5.87. The van der Waals surface area contributed by atoms with E-state index in [9.17, 15) is 15.0 Å². The fraction of sp³-hybridized carbons (Fsp3) is 0.875. The van der Waals surface area contributed by atoms with Gasteiger partial charge in [0.05, 0.1) is 12.2 Å². The van der Waals surface area contributed by atoms with Gasteiger partial charge in [0.15, 0.2) is 5.78 Å². The third-order valence-electron chi connectivity index (χ3n) is 2.36. The van der Waals surface area contributed by atoms with E-state index in [1.54, 1.807) is 6.92 Å². The number of hydrogen-bond donors (Lipinski definition) is 3. The molecule has 1 saturated heterocycles. The summed E-state index contributed by atoms with van der Waals surface area (Å²) in [7, 11) is 0. The van der Waals surface area contributed by atoms with Gasteiger partial charge in [-0.15, -0.1) is 0 Å². The Morgan fingerprint density at radius 2 is 2.23 bits per heavy atom. The second kappa shape index (κ2) is 3.34. The molecule has 1 rings (SSSR count). The maximum absolute atomic E-state index is 11.0. The number of aliphatic hydroxyl groups is 2. The first kappa shape index (κ1) is 10.6. The molecular formula is C8H15NO4. The van der Waals surface area contributed by atoms with Gasteiger partial charge in [-0.25, -0.2) is 0 Å². The number of carbonyl (C=O) groups excluding carboxylic acids is 1. The van der Waals surface area contributed by atoms with Crippen LogP contribution in [0.5, 0.6) is 0 Å². The Morgan fingerprint density at radius 3 is 2.62 bits per heavy atom. The Kier molecular flexibility index (Phi) is 2.72. The van der Waals surface area contributed by atoms with Crippen molar-refractivity contribution in [1.82, 2.24) is 0 Å². The summed E-state index contributed by atoms with van der Waals surface area (Å²) in [5, 5.41) is 19.0. The van der Waals surface area contributed by atoms with Gasteiger partial charge in [-0.3, -0.25) is 4.79 Å². The molecule has 5 heteroatoms. The number of aliphatic hydroxyl groups excluding tert-OH is 1. The lowest BCUT2D eigenvalue weighted by Gasteiger charge is -2.40. The van der Waals surface area contributed by atoms with Crippen molar-refractivity contribution in [1.29, 1.82) is 0 Å². The van der Waals surface area contributed by atoms with E-state index < -0.39 is 29.8 Å². The molecule has 1 heterocycles. The van der Waals surface area contributed by atoms with E-state index in [0.717, 1.165) is 0 Å². The van der Waals surface area contributed by atoms with Gasteiger partial charge in [-0.1, -0.05) is 0 Å². The van der Waals surface area contributed by atoms with E-state index in [4.69, 9.17) is 10.5 Å². The van der Waals surface area contributed by atoms with Crippen LogP contribution < -0.4 is 5.73 Å². The Labute approximate surface area is 76.5 Å². The van der Waals surface area contributed by atoms with E-state index >= 15 is 0 Å². The zero-order valence-corrected chi connectivity index (χ0v) is 7.73. The molecule has 1 unspecified atom stereocenters. The molecule has 0 radical (unpaired) electrons. The predicted molar refractivity (Wildman–Crippen MR) is 44.8 cm³/mol. The number of nitrogens with two attached hydrogens (primary N) is 1. The van der Waals surface area contributed by atoms with E-state index in [2.05, 4.69) is 0 Å². The summed E-state index contributed by atoms with van der Waals surface area (Å²) in [6.07, 6.45) is -1.52. The molecule has 1 fully saturated rings. The standard InChI is InChI=1S/C8H15NO4/c1-4-7(11)6(9)3-8(12,13-4)5(2)10/h4,6-7,11-12H,3,9H2,1-2H3/t4-,6-,7+,8?/m0/s1. The van der Waals surface area contributed by atoms with Gasteiger partial charge in [0, 0.05) is 19.4 Å². The SMILES string of the molecule is CC(=O)C1(O)C[C@H](N)[C@H](O)[C@H](C)O1. The molecule has 0 saturated carbocycles. The highest BCUT2D eigenvalue weighted by Crippen LogP contribution is 2.26. The third kappa shape index (κ3) is 1.88. The number of Topliss-reactive ketones (excluding diaryl/α,β-unsaturated/α-hetero) is 1. The van der Waals surface area contributed by atoms with E-state index in [0.29, 0.717) is 0 Å². The first-order valence-corrected chi connectivity index (χ1v) is 4.21. The Hall–Kier alpha value is -0.490. The number of ketones is 1. The topological polar surface area (TPSA) is 92.8 Å². The summed E-state index contributed by atoms with van der Waals surface area (Å²) in [6, 6.07) is -0.627. The van der Waals surface area contributed by atoms with Crippen LogP contribution in [0, 0.1) is 0 Å². The van der Waals surface area contributed by atoms with Gasteiger partial charge in [-0.2, -0.15) is 0 Å². The maximum Gasteiger partial charge on any atom is 0.228 e. The summed E-state index contributed by atoms with van der Waals surface area (Å²) in [6.45, 7) is 2.80. The summed E-state index contributed by atoms with van der Waals surface area (Å²) in [4.78, 5) is 11.0. The monoisotopic (exact) mass is 189 g/mol. The Bertz CT molecular complexity index is 206. The van der Waals surface area contributed by atoms with Crippen molar-refractivity contribution in [2.75, 3.05) is 0 Å². The molecule has 1 aliphatic rings. The van der Waals surface area contributed by atoms with Gasteiger partial charge >= 0.3 is 0 Å². The normalized spacial score (nSPS) is 46.1. The van der Waals surface area contributed by atoms with Gasteiger partial charge in [0.25, 0.3) is 0 Å². The van der Waals surface area contributed by atoms with Crippen LogP contribution >= 0.6 is 0 Å². The van der Waals surface area contributed by atoms with Crippen LogP contribution in [0.4, 0.5) is 0 Å². The molecule has 1 aliphatic heterocycles. The highest BCUT2D eigenvalue weighted by Gasteiger charge is 2.45. The van der Waals surface area contributed by atoms with Crippen molar-refractivity contribution in [3.05, 3.63) is 0 Å². The quantitative estimate of drug-likeness (QED) is 0.480. The van der Waals surface area contributed by atoms with E-state index in [-0.39, 0.29) is 6.42 Å². The molecule has 4 atom stereocenters. The second-order valence-electron chi connectivity index (χ2n) is 3.52. The average Bonchev–Trinajstić information content (AvgIpc) is 2.00. The number of hydrogen-bond acceptors (Lipinski definition) is 5. The van der Waals surface area contributed by atoms with Crippen LogP contribution in [-0.2, 0) is 9.53 Å². The van der Waals surface area contributed by atoms with Crippen LogP contribution in [0.3, 0.4) is 0 Å². The lowest BCUT2D eigenvalue weighted by Crippen LogP contribution is -2.59. The van der Waals surface area contributed by atoms with Crippen molar-refractivity contribution in [2.24, 2.45) is 5.73 Å². The molecule has 76 valence electrons. The van der Waals surface area contributed by atoms with Gasteiger partial charge < -0.3 is 20.7 Å². The fourth-order valence-corrected chi connectivity index (χ4v) is 1.44. The minimum atomic E-state index is -1.82. The van der Waals surface area contributed by atoms with Crippen molar-refractivity contribution >= 4 is 5.78 Å². The molecule has 0 spiro atoms. The lowest BCUT2D eigenvalue weighted by atomic mass is 9.92. The largest absolute Gasteiger partial charge is 0.389 e. The summed E-state index contributed by atoms with van der Waals surface area (Å²) < 4.78 is 4.99. The highest BCUT2D eigenvalue weighted by atomic mass is 16.6. The van der Waals surface area contributed by atoms with Crippen LogP contribution in [0.2, 0.25) is 0 Å². The number of carbonyl (C=O) groups is 1. The molecular weight excluding hydrogens is 174 g/mol. The molecule has 13 heavy (non-hydrogen) atoms. The average molecular weight is 189 g/mol.